The van der Waals surface area contributed by atoms with Crippen LogP contribution in [-0.2, 0) is 0 Å². The molecule has 0 aromatic carbocycles. The van der Waals surface area contributed by atoms with Gasteiger partial charge in [-0.2, -0.15) is 0 Å². The molecule has 1 aliphatic heterocycles. The summed E-state index contributed by atoms with van der Waals surface area (Å²) in [5.41, 5.74) is 0. The molecule has 1 fully saturated rings. The average molecular weight is 214 g/mol. The highest BCUT2D eigenvalue weighted by atomic mass is 19.1. The van der Waals surface area contributed by atoms with Gasteiger partial charge in [-0.05, 0) is 25.9 Å². The zero-order valence-corrected chi connectivity index (χ0v) is 8.17. The Morgan fingerprint density at radius 3 is 2.40 bits per heavy atom. The van der Waals surface area contributed by atoms with Gasteiger partial charge < -0.3 is 10.1 Å². The molecule has 0 saturated carbocycles. The lowest BCUT2D eigenvalue weighted by Crippen LogP contribution is -2.34. The number of hydrogen-bond acceptors (Lipinski definition) is 3. The van der Waals surface area contributed by atoms with Crippen LogP contribution in [-0.4, -0.2) is 24.2 Å². The maximum absolute atomic E-state index is 13.2. The second-order valence-corrected chi connectivity index (χ2v) is 3.50. The first-order valence-electron chi connectivity index (χ1n) is 4.94. The minimum atomic E-state index is -0.742. The molecule has 1 N–H and O–H groups in total. The van der Waals surface area contributed by atoms with E-state index >= 15 is 0 Å². The van der Waals surface area contributed by atoms with Crippen LogP contribution in [0.15, 0.2) is 12.4 Å². The van der Waals surface area contributed by atoms with Gasteiger partial charge >= 0.3 is 0 Å². The Morgan fingerprint density at radius 2 is 1.80 bits per heavy atom. The second-order valence-electron chi connectivity index (χ2n) is 3.50. The van der Waals surface area contributed by atoms with Crippen molar-refractivity contribution >= 4 is 0 Å². The topological polar surface area (TPSA) is 34.1 Å². The molecule has 0 amide bonds. The Morgan fingerprint density at radius 1 is 1.20 bits per heavy atom. The van der Waals surface area contributed by atoms with E-state index in [0.29, 0.717) is 0 Å². The maximum Gasteiger partial charge on any atom is 0.194 e. The molecule has 0 aliphatic carbocycles. The molecule has 1 aliphatic rings. The van der Waals surface area contributed by atoms with Crippen molar-refractivity contribution in [3.05, 3.63) is 24.0 Å². The van der Waals surface area contributed by atoms with Crippen LogP contribution in [0.1, 0.15) is 12.8 Å². The molecule has 2 rings (SSSR count). The van der Waals surface area contributed by atoms with Gasteiger partial charge in [0, 0.05) is 0 Å². The highest BCUT2D eigenvalue weighted by Crippen LogP contribution is 2.22. The lowest BCUT2D eigenvalue weighted by Gasteiger charge is -2.23. The molecular formula is C10H12F2N2O. The van der Waals surface area contributed by atoms with Crippen molar-refractivity contribution < 1.29 is 13.5 Å². The summed E-state index contributed by atoms with van der Waals surface area (Å²) in [6, 6.07) is 0. The fraction of sp³-hybridized carbons (Fsp3) is 0.500. The van der Waals surface area contributed by atoms with Crippen LogP contribution < -0.4 is 10.1 Å². The molecule has 2 heterocycles. The Hall–Kier alpha value is -1.23. The van der Waals surface area contributed by atoms with Gasteiger partial charge in [0.2, 0.25) is 0 Å². The van der Waals surface area contributed by atoms with Crippen molar-refractivity contribution in [2.24, 2.45) is 0 Å². The maximum atomic E-state index is 13.2. The van der Waals surface area contributed by atoms with Gasteiger partial charge in [0.25, 0.3) is 0 Å². The van der Waals surface area contributed by atoms with Crippen LogP contribution in [0.5, 0.6) is 5.75 Å². The summed E-state index contributed by atoms with van der Waals surface area (Å²) in [6.07, 6.45) is 3.33. The van der Waals surface area contributed by atoms with Crippen molar-refractivity contribution in [1.82, 2.24) is 10.3 Å². The van der Waals surface area contributed by atoms with Crippen molar-refractivity contribution in [3.8, 4) is 5.75 Å². The van der Waals surface area contributed by atoms with Crippen LogP contribution >= 0.6 is 0 Å². The summed E-state index contributed by atoms with van der Waals surface area (Å²) in [7, 11) is 0. The molecule has 82 valence electrons. The fourth-order valence-corrected chi connectivity index (χ4v) is 1.59. The smallest absolute Gasteiger partial charge is 0.194 e. The summed E-state index contributed by atoms with van der Waals surface area (Å²) in [6.45, 7) is 1.64. The average Bonchev–Trinajstić information content (AvgIpc) is 2.25. The number of nitrogens with zero attached hydrogens (tertiary/aromatic N) is 1. The van der Waals surface area contributed by atoms with E-state index in [1.807, 2.05) is 0 Å². The second kappa shape index (κ2) is 4.53. The minimum absolute atomic E-state index is 0.113. The standard InChI is InChI=1S/C10H12F2N2O/c11-8-5-14-6-9(12)10(8)15-7-1-3-13-4-2-7/h5-7,13H,1-4H2. The number of nitrogens with one attached hydrogen (secondary N) is 1. The number of piperidine rings is 1. The highest BCUT2D eigenvalue weighted by molar-refractivity contribution is 5.22. The predicted octanol–water partition coefficient (Wildman–Crippen LogP) is 1.49. The molecule has 0 atom stereocenters. The largest absolute Gasteiger partial charge is 0.484 e. The molecule has 15 heavy (non-hydrogen) atoms. The molecule has 0 radical (unpaired) electrons. The first-order chi connectivity index (χ1) is 7.27. The summed E-state index contributed by atoms with van der Waals surface area (Å²) in [5.74, 6) is -1.79. The Kier molecular flexibility index (Phi) is 3.11. The highest BCUT2D eigenvalue weighted by Gasteiger charge is 2.19. The van der Waals surface area contributed by atoms with Gasteiger partial charge in [-0.1, -0.05) is 0 Å². The molecule has 0 spiro atoms. The first-order valence-corrected chi connectivity index (χ1v) is 4.94. The molecule has 1 aromatic heterocycles. The number of aromatic nitrogens is 1. The van der Waals surface area contributed by atoms with Crippen LogP contribution in [0.2, 0.25) is 0 Å². The van der Waals surface area contributed by atoms with Crippen molar-refractivity contribution in [2.75, 3.05) is 13.1 Å². The zero-order valence-electron chi connectivity index (χ0n) is 8.17. The molecule has 1 saturated heterocycles. The Bertz CT molecular complexity index is 320. The lowest BCUT2D eigenvalue weighted by molar-refractivity contribution is 0.148. The quantitative estimate of drug-likeness (QED) is 0.809. The number of ether oxygens (including phenoxy) is 1. The Balaban J connectivity index is 2.09. The fourth-order valence-electron chi connectivity index (χ4n) is 1.59. The molecular weight excluding hydrogens is 202 g/mol. The predicted molar refractivity (Wildman–Crippen MR) is 50.7 cm³/mol. The molecule has 5 heteroatoms. The van der Waals surface area contributed by atoms with Gasteiger partial charge in [-0.25, -0.2) is 8.78 Å². The third-order valence-electron chi connectivity index (χ3n) is 2.38. The van der Waals surface area contributed by atoms with Crippen LogP contribution in [0.4, 0.5) is 8.78 Å². The number of rotatable bonds is 2. The van der Waals surface area contributed by atoms with Crippen LogP contribution in [0, 0.1) is 11.6 Å². The minimum Gasteiger partial charge on any atom is -0.484 e. The summed E-state index contributed by atoms with van der Waals surface area (Å²) >= 11 is 0. The van der Waals surface area contributed by atoms with E-state index in [4.69, 9.17) is 4.74 Å². The van der Waals surface area contributed by atoms with Crippen molar-refractivity contribution in [1.29, 1.82) is 0 Å². The Labute approximate surface area is 86.5 Å². The third-order valence-corrected chi connectivity index (χ3v) is 2.38. The van der Waals surface area contributed by atoms with Crippen molar-refractivity contribution in [2.45, 2.75) is 18.9 Å². The van der Waals surface area contributed by atoms with Gasteiger partial charge in [0.15, 0.2) is 17.4 Å². The first kappa shape index (κ1) is 10.3. The third kappa shape index (κ3) is 2.41. The van der Waals surface area contributed by atoms with E-state index in [-0.39, 0.29) is 11.9 Å². The van der Waals surface area contributed by atoms with Crippen LogP contribution in [0.3, 0.4) is 0 Å². The van der Waals surface area contributed by atoms with Crippen molar-refractivity contribution in [3.63, 3.8) is 0 Å². The van der Waals surface area contributed by atoms with Gasteiger partial charge in [0.05, 0.1) is 12.4 Å². The SMILES string of the molecule is Fc1cncc(F)c1OC1CCNCC1. The van der Waals surface area contributed by atoms with E-state index in [0.717, 1.165) is 38.3 Å². The number of pyridine rings is 1. The van der Waals surface area contributed by atoms with Crippen LogP contribution in [0.25, 0.3) is 0 Å². The zero-order chi connectivity index (χ0) is 10.7. The summed E-state index contributed by atoms with van der Waals surface area (Å²) < 4.78 is 31.6. The normalized spacial score (nSPS) is 17.7. The van der Waals surface area contributed by atoms with Gasteiger partial charge in [0.1, 0.15) is 6.10 Å². The molecule has 3 nitrogen and oxygen atoms in total. The van der Waals surface area contributed by atoms with Gasteiger partial charge in [-0.3, -0.25) is 4.98 Å². The monoisotopic (exact) mass is 214 g/mol. The number of hydrogen-bond donors (Lipinski definition) is 1. The van der Waals surface area contributed by atoms with E-state index < -0.39 is 11.6 Å². The van der Waals surface area contributed by atoms with E-state index in [9.17, 15) is 8.78 Å². The van der Waals surface area contributed by atoms with E-state index in [1.165, 1.54) is 0 Å². The summed E-state index contributed by atoms with van der Waals surface area (Å²) in [5, 5.41) is 3.15. The molecule has 0 bridgehead atoms. The van der Waals surface area contributed by atoms with E-state index in [1.54, 1.807) is 0 Å². The van der Waals surface area contributed by atoms with E-state index in [2.05, 4.69) is 10.3 Å². The lowest BCUT2D eigenvalue weighted by atomic mass is 10.1. The number of halogens is 2. The molecule has 0 unspecified atom stereocenters. The van der Waals surface area contributed by atoms with Gasteiger partial charge in [-0.15, -0.1) is 0 Å². The molecule has 1 aromatic rings. The summed E-state index contributed by atoms with van der Waals surface area (Å²) in [4.78, 5) is 3.40.